The van der Waals surface area contributed by atoms with Gasteiger partial charge < -0.3 is 18.9 Å². The summed E-state index contributed by atoms with van der Waals surface area (Å²) in [7, 11) is -5.54. The lowest BCUT2D eigenvalue weighted by Gasteiger charge is -2.47. The first-order valence-corrected chi connectivity index (χ1v) is 37.3. The van der Waals surface area contributed by atoms with Gasteiger partial charge in [0.2, 0.25) is 0 Å². The highest BCUT2D eigenvalue weighted by molar-refractivity contribution is 6.93. The second kappa shape index (κ2) is 19.3. The fourth-order valence-corrected chi connectivity index (χ4v) is 21.6. The van der Waals surface area contributed by atoms with Crippen LogP contribution in [0, 0.1) is 0 Å². The smallest absolute Gasteiger partial charge is 0.174 e. The number of nitrogens with one attached hydrogen (secondary N) is 2. The standard InChI is InChI=1S/C66H80N6Si3/c1-64(2,3)48-29-23-44(24-30-48)60-53-37-35-51(67-53)59(43-19-21-47(22-20-43)63(71-73(10,11)12)72(74(13,14)15)75(16,17)18)52-36-38-54(68-52)61(45-25-31-49(32-26-45)65(4,5)6)56-40-42-58(70-56)62(57-41-39-55(60)69-57)46-27-33-50(34-28-46)66(7,8)9/h19-42,67,70H,1-18H3/b59-51?,59-52?,60-53?,60-55?,61-54?,61-56?,62-57?,62-58?,71-63+. The van der Waals surface area contributed by atoms with Crippen molar-refractivity contribution in [3.63, 3.8) is 0 Å². The van der Waals surface area contributed by atoms with E-state index >= 15 is 0 Å². The number of amidine groups is 1. The number of hydrogen-bond acceptors (Lipinski definition) is 3. The summed E-state index contributed by atoms with van der Waals surface area (Å²) >= 11 is 0. The third kappa shape index (κ3) is 11.3. The normalized spacial score (nSPS) is 13.7. The molecule has 0 aliphatic carbocycles. The van der Waals surface area contributed by atoms with Crippen molar-refractivity contribution in [2.45, 2.75) is 137 Å². The third-order valence-corrected chi connectivity index (χ3v) is 22.3. The lowest BCUT2D eigenvalue weighted by atomic mass is 9.86. The van der Waals surface area contributed by atoms with Gasteiger partial charge in [0, 0.05) is 49.9 Å². The van der Waals surface area contributed by atoms with E-state index in [4.69, 9.17) is 14.6 Å². The summed E-state index contributed by atoms with van der Waals surface area (Å²) in [5.74, 6) is 1.17. The fourth-order valence-electron chi connectivity index (χ4n) is 10.8. The Morgan fingerprint density at radius 2 is 0.627 bits per heavy atom. The number of nitrogens with zero attached hydrogens (tertiary/aromatic N) is 4. The molecule has 9 rings (SSSR count). The molecule has 2 aliphatic heterocycles. The van der Waals surface area contributed by atoms with E-state index in [1.54, 1.807) is 0 Å². The third-order valence-electron chi connectivity index (χ3n) is 14.3. The second-order valence-electron chi connectivity index (χ2n) is 26.8. The van der Waals surface area contributed by atoms with Crippen molar-refractivity contribution >= 4 is 76.9 Å². The molecule has 5 heterocycles. The topological polar surface area (TPSA) is 73.0 Å². The van der Waals surface area contributed by atoms with Crippen LogP contribution in [0.2, 0.25) is 58.9 Å². The number of fused-ring (bicyclic) bond motifs is 8. The van der Waals surface area contributed by atoms with Crippen LogP contribution < -0.4 is 0 Å². The molecular formula is C66H80N6Si3. The molecule has 0 fully saturated rings. The molecule has 0 radical (unpaired) electrons. The minimum Gasteiger partial charge on any atom is -0.410 e. The summed E-state index contributed by atoms with van der Waals surface area (Å²) in [5.41, 5.74) is 21.2. The van der Waals surface area contributed by atoms with Gasteiger partial charge in [0.25, 0.3) is 0 Å². The molecule has 386 valence electrons. The second-order valence-corrected chi connectivity index (χ2v) is 41.4. The molecule has 0 unspecified atom stereocenters. The van der Waals surface area contributed by atoms with Crippen molar-refractivity contribution in [3.8, 4) is 44.5 Å². The van der Waals surface area contributed by atoms with Gasteiger partial charge in [0.1, 0.15) is 22.3 Å². The van der Waals surface area contributed by atoms with Crippen LogP contribution in [0.15, 0.2) is 126 Å². The van der Waals surface area contributed by atoms with Crippen molar-refractivity contribution in [2.24, 2.45) is 4.66 Å². The van der Waals surface area contributed by atoms with Crippen LogP contribution in [0.3, 0.4) is 0 Å². The summed E-state index contributed by atoms with van der Waals surface area (Å²) in [6.45, 7) is 42.3. The van der Waals surface area contributed by atoms with E-state index in [1.807, 2.05) is 0 Å². The number of aromatic nitrogens is 4. The molecule has 2 N–H and O–H groups in total. The van der Waals surface area contributed by atoms with Gasteiger partial charge in [0.15, 0.2) is 8.24 Å². The number of aromatic amines is 2. The fraction of sp³-hybridized carbons (Fsp3) is 0.318. The van der Waals surface area contributed by atoms with Gasteiger partial charge in [-0.05, 0) is 123 Å². The molecule has 75 heavy (non-hydrogen) atoms. The van der Waals surface area contributed by atoms with Crippen LogP contribution in [-0.4, -0.2) is 54.7 Å². The zero-order chi connectivity index (χ0) is 54.2. The summed E-state index contributed by atoms with van der Waals surface area (Å²) < 4.78 is 8.43. The Bertz CT molecular complexity index is 3480. The lowest BCUT2D eigenvalue weighted by Crippen LogP contribution is -2.62. The van der Waals surface area contributed by atoms with Gasteiger partial charge >= 0.3 is 0 Å². The highest BCUT2D eigenvalue weighted by Crippen LogP contribution is 2.40. The molecule has 3 aromatic heterocycles. The molecule has 8 bridgehead atoms. The van der Waals surface area contributed by atoms with Crippen LogP contribution in [0.1, 0.15) is 107 Å². The Hall–Kier alpha value is -6.40. The first kappa shape index (κ1) is 53.4. The molecule has 2 aliphatic rings. The van der Waals surface area contributed by atoms with Crippen LogP contribution in [0.5, 0.6) is 0 Å². The van der Waals surface area contributed by atoms with E-state index < -0.39 is 24.7 Å². The van der Waals surface area contributed by atoms with Crippen molar-refractivity contribution < 1.29 is 0 Å². The predicted molar refractivity (Wildman–Crippen MR) is 335 cm³/mol. The van der Waals surface area contributed by atoms with Gasteiger partial charge in [-0.3, -0.25) is 0 Å². The number of benzene rings is 4. The van der Waals surface area contributed by atoms with Crippen molar-refractivity contribution in [1.82, 2.24) is 24.2 Å². The van der Waals surface area contributed by atoms with Gasteiger partial charge in [0.05, 0.1) is 22.8 Å². The summed E-state index contributed by atoms with van der Waals surface area (Å²) in [5, 5.41) is 0. The SMILES string of the molecule is CC(C)(C)c1ccc(-c2c3nc(c(-c4ccc(C(C)(C)C)cc4)c4ccc([nH]4)c(-c4ccc(C(C)(C)C)cc4)c4nc(c(-c5ccc(/C(=N\[Si](C)(C)C)N([Si](C)(C)C)[Si](C)(C)C)cc5)c5ccc2[nH]5)C=C4)C=C3)cc1. The van der Waals surface area contributed by atoms with Crippen LogP contribution in [-0.2, 0) is 16.2 Å². The number of H-pyrrole nitrogens is 2. The molecule has 0 amide bonds. The number of hydrogen-bond donors (Lipinski definition) is 2. The molecule has 0 saturated heterocycles. The summed E-state index contributed by atoms with van der Waals surface area (Å²) in [6.07, 6.45) is 8.79. The monoisotopic (exact) mass is 1040 g/mol. The molecule has 6 nitrogen and oxygen atoms in total. The first-order valence-electron chi connectivity index (χ1n) is 26.9. The first-order chi connectivity index (χ1) is 34.9. The van der Waals surface area contributed by atoms with E-state index in [-0.39, 0.29) is 16.2 Å². The largest absolute Gasteiger partial charge is 0.410 e. The molecule has 7 aromatic rings. The molecule has 0 spiro atoms. The molecule has 4 aromatic carbocycles. The van der Waals surface area contributed by atoms with Crippen molar-refractivity contribution in [2.75, 3.05) is 0 Å². The van der Waals surface area contributed by atoms with Gasteiger partial charge in [-0.15, -0.1) is 0 Å². The summed E-state index contributed by atoms with van der Waals surface area (Å²) in [4.78, 5) is 19.3. The Morgan fingerprint density at radius 1 is 0.373 bits per heavy atom. The van der Waals surface area contributed by atoms with Crippen molar-refractivity contribution in [1.29, 1.82) is 0 Å². The van der Waals surface area contributed by atoms with E-state index in [1.165, 1.54) is 28.1 Å². The average molecular weight is 1040 g/mol. The van der Waals surface area contributed by atoms with Crippen molar-refractivity contribution in [3.05, 3.63) is 166 Å². The molecular weight excluding hydrogens is 961 g/mol. The van der Waals surface area contributed by atoms with Gasteiger partial charge in [-0.25, -0.2) is 9.97 Å². The quantitative estimate of drug-likeness (QED) is 0.0905. The van der Waals surface area contributed by atoms with E-state index in [9.17, 15) is 0 Å². The number of rotatable bonds is 8. The molecule has 0 atom stereocenters. The van der Waals surface area contributed by atoms with E-state index in [2.05, 4.69) is 281 Å². The highest BCUT2D eigenvalue weighted by Gasteiger charge is 2.38. The average Bonchev–Trinajstić information content (AvgIpc) is 4.16. The summed E-state index contributed by atoms with van der Waals surface area (Å²) in [6, 6.07) is 45.3. The van der Waals surface area contributed by atoms with E-state index in [0.29, 0.717) is 0 Å². The molecule has 9 heteroatoms. The van der Waals surface area contributed by atoms with Crippen LogP contribution in [0.4, 0.5) is 0 Å². The Balaban J connectivity index is 1.39. The van der Waals surface area contributed by atoms with Crippen LogP contribution >= 0.6 is 0 Å². The zero-order valence-electron chi connectivity index (χ0n) is 48.1. The lowest BCUT2D eigenvalue weighted by molar-refractivity contribution is 0.590. The molecule has 0 saturated carbocycles. The Labute approximate surface area is 451 Å². The maximum absolute atomic E-state index is 5.67. The van der Waals surface area contributed by atoms with Gasteiger partial charge in [-0.2, -0.15) is 0 Å². The van der Waals surface area contributed by atoms with Gasteiger partial charge in [-0.1, -0.05) is 199 Å². The van der Waals surface area contributed by atoms with E-state index in [0.717, 1.165) is 89.4 Å². The zero-order valence-corrected chi connectivity index (χ0v) is 51.1. The maximum atomic E-state index is 5.67. The van der Waals surface area contributed by atoms with Crippen LogP contribution in [0.25, 0.3) is 90.9 Å². The Kier molecular flexibility index (Phi) is 13.8. The minimum absolute atomic E-state index is 0.0111. The predicted octanol–water partition coefficient (Wildman–Crippen LogP) is 18.8. The minimum atomic E-state index is -1.88. The highest BCUT2D eigenvalue weighted by atomic mass is 28.4. The maximum Gasteiger partial charge on any atom is 0.174 e. The Morgan fingerprint density at radius 3 is 0.853 bits per heavy atom.